The van der Waals surface area contributed by atoms with Gasteiger partial charge in [-0.25, -0.2) is 0 Å². The number of benzene rings is 1. The van der Waals surface area contributed by atoms with Crippen molar-refractivity contribution in [2.75, 3.05) is 27.2 Å². The number of aliphatic imine (C=N–C) groups is 1. The van der Waals surface area contributed by atoms with E-state index in [1.165, 1.54) is 0 Å². The Labute approximate surface area is 118 Å². The summed E-state index contributed by atoms with van der Waals surface area (Å²) in [6, 6.07) is 7.80. The van der Waals surface area contributed by atoms with Crippen molar-refractivity contribution in [3.05, 3.63) is 29.8 Å². The van der Waals surface area contributed by atoms with Crippen LogP contribution in [0.5, 0.6) is 5.75 Å². The predicted octanol–water partition coefficient (Wildman–Crippen LogP) is 0.421. The standard InChI is InChI=1S/C14H20N4O2/c1-15-14(16-2)17-9-13(19)18-11-7-8-20-12-6-4-3-5-10(11)12/h3-6,11H,7-9H2,1-2H3,(H,18,19)(H2,15,16,17). The van der Waals surface area contributed by atoms with Crippen LogP contribution in [0.25, 0.3) is 0 Å². The Hall–Kier alpha value is -2.24. The lowest BCUT2D eigenvalue weighted by atomic mass is 10.0. The lowest BCUT2D eigenvalue weighted by molar-refractivity contribution is -0.120. The quantitative estimate of drug-likeness (QED) is 0.552. The topological polar surface area (TPSA) is 74.8 Å². The molecule has 2 rings (SSSR count). The highest BCUT2D eigenvalue weighted by Gasteiger charge is 2.22. The molecule has 0 saturated carbocycles. The highest BCUT2D eigenvalue weighted by molar-refractivity contribution is 5.86. The third-order valence-electron chi connectivity index (χ3n) is 3.17. The van der Waals surface area contributed by atoms with Crippen molar-refractivity contribution >= 4 is 11.9 Å². The normalized spacial score (nSPS) is 17.7. The molecule has 1 aliphatic rings. The molecule has 0 spiro atoms. The van der Waals surface area contributed by atoms with Crippen molar-refractivity contribution in [1.82, 2.24) is 16.0 Å². The van der Waals surface area contributed by atoms with Gasteiger partial charge in [0.25, 0.3) is 0 Å². The molecule has 6 nitrogen and oxygen atoms in total. The molecule has 20 heavy (non-hydrogen) atoms. The van der Waals surface area contributed by atoms with Crippen LogP contribution in [0.4, 0.5) is 0 Å². The number of guanidine groups is 1. The van der Waals surface area contributed by atoms with Gasteiger partial charge in [-0.15, -0.1) is 0 Å². The van der Waals surface area contributed by atoms with Crippen molar-refractivity contribution < 1.29 is 9.53 Å². The molecule has 0 aliphatic carbocycles. The molecule has 0 fully saturated rings. The SMILES string of the molecule is CN=C(NC)NCC(=O)NC1CCOc2ccccc21. The predicted molar refractivity (Wildman–Crippen MR) is 77.9 cm³/mol. The zero-order chi connectivity index (χ0) is 14.4. The smallest absolute Gasteiger partial charge is 0.239 e. The van der Waals surface area contributed by atoms with E-state index in [-0.39, 0.29) is 18.5 Å². The van der Waals surface area contributed by atoms with Gasteiger partial charge in [0, 0.05) is 26.1 Å². The highest BCUT2D eigenvalue weighted by Crippen LogP contribution is 2.31. The fraction of sp³-hybridized carbons (Fsp3) is 0.429. The summed E-state index contributed by atoms with van der Waals surface area (Å²) >= 11 is 0. The maximum atomic E-state index is 12.0. The number of ether oxygens (including phenoxy) is 1. The van der Waals surface area contributed by atoms with Crippen LogP contribution in [0.15, 0.2) is 29.3 Å². The Morgan fingerprint density at radius 3 is 3.00 bits per heavy atom. The van der Waals surface area contributed by atoms with Crippen molar-refractivity contribution in [2.24, 2.45) is 4.99 Å². The number of amides is 1. The maximum absolute atomic E-state index is 12.0. The first-order valence-electron chi connectivity index (χ1n) is 6.64. The second kappa shape index (κ2) is 6.79. The number of hydrogen-bond acceptors (Lipinski definition) is 3. The number of carbonyl (C=O) groups is 1. The molecule has 0 saturated heterocycles. The van der Waals surface area contributed by atoms with Gasteiger partial charge >= 0.3 is 0 Å². The van der Waals surface area contributed by atoms with Crippen molar-refractivity contribution in [3.63, 3.8) is 0 Å². The molecule has 0 aromatic heterocycles. The van der Waals surface area contributed by atoms with Crippen LogP contribution in [0.3, 0.4) is 0 Å². The first kappa shape index (κ1) is 14.2. The number of para-hydroxylation sites is 1. The maximum Gasteiger partial charge on any atom is 0.239 e. The summed E-state index contributed by atoms with van der Waals surface area (Å²) in [5.41, 5.74) is 1.03. The van der Waals surface area contributed by atoms with Crippen LogP contribution in [0.1, 0.15) is 18.0 Å². The monoisotopic (exact) mass is 276 g/mol. The summed E-state index contributed by atoms with van der Waals surface area (Å²) in [5, 5.41) is 8.81. The Bertz CT molecular complexity index is 502. The van der Waals surface area contributed by atoms with Gasteiger partial charge in [-0.3, -0.25) is 9.79 Å². The number of hydrogen-bond donors (Lipinski definition) is 3. The summed E-state index contributed by atoms with van der Waals surface area (Å²) in [7, 11) is 3.41. The minimum Gasteiger partial charge on any atom is -0.493 e. The van der Waals surface area contributed by atoms with Crippen LogP contribution in [0, 0.1) is 0 Å². The first-order valence-corrected chi connectivity index (χ1v) is 6.64. The fourth-order valence-electron chi connectivity index (χ4n) is 2.18. The number of nitrogens with zero attached hydrogens (tertiary/aromatic N) is 1. The second-order valence-electron chi connectivity index (χ2n) is 4.47. The average Bonchev–Trinajstić information content (AvgIpc) is 2.49. The van der Waals surface area contributed by atoms with Crippen LogP contribution in [-0.4, -0.2) is 39.1 Å². The van der Waals surface area contributed by atoms with E-state index in [0.717, 1.165) is 17.7 Å². The van der Waals surface area contributed by atoms with Crippen molar-refractivity contribution in [1.29, 1.82) is 0 Å². The van der Waals surface area contributed by atoms with Gasteiger partial charge in [-0.1, -0.05) is 18.2 Å². The summed E-state index contributed by atoms with van der Waals surface area (Å²) in [6.45, 7) is 0.806. The third-order valence-corrected chi connectivity index (χ3v) is 3.17. The molecule has 1 aromatic carbocycles. The van der Waals surface area contributed by atoms with Crippen LogP contribution >= 0.6 is 0 Å². The molecule has 1 unspecified atom stereocenters. The Kier molecular flexibility index (Phi) is 4.81. The van der Waals surface area contributed by atoms with Crippen LogP contribution in [0.2, 0.25) is 0 Å². The molecule has 1 atom stereocenters. The van der Waals surface area contributed by atoms with Crippen molar-refractivity contribution in [2.45, 2.75) is 12.5 Å². The Balaban J connectivity index is 1.93. The van der Waals surface area contributed by atoms with E-state index in [4.69, 9.17) is 4.74 Å². The first-order chi connectivity index (χ1) is 9.74. The Morgan fingerprint density at radius 2 is 2.25 bits per heavy atom. The van der Waals surface area contributed by atoms with Crippen LogP contribution in [-0.2, 0) is 4.79 Å². The molecule has 108 valence electrons. The molecule has 0 radical (unpaired) electrons. The zero-order valence-corrected chi connectivity index (χ0v) is 11.8. The zero-order valence-electron chi connectivity index (χ0n) is 11.8. The minimum absolute atomic E-state index is 0.00542. The third kappa shape index (κ3) is 3.40. The summed E-state index contributed by atoms with van der Waals surface area (Å²) < 4.78 is 5.57. The minimum atomic E-state index is -0.0666. The largest absolute Gasteiger partial charge is 0.493 e. The van der Waals surface area contributed by atoms with E-state index in [1.807, 2.05) is 24.3 Å². The van der Waals surface area contributed by atoms with Gasteiger partial charge < -0.3 is 20.7 Å². The van der Waals surface area contributed by atoms with E-state index in [2.05, 4.69) is 20.9 Å². The lowest BCUT2D eigenvalue weighted by Gasteiger charge is -2.26. The molecule has 1 aliphatic heterocycles. The molecule has 1 aromatic rings. The molecule has 0 bridgehead atoms. The number of rotatable bonds is 3. The molecule has 6 heteroatoms. The Morgan fingerprint density at radius 1 is 1.45 bits per heavy atom. The second-order valence-corrected chi connectivity index (χ2v) is 4.47. The van der Waals surface area contributed by atoms with Gasteiger partial charge in [-0.2, -0.15) is 0 Å². The van der Waals surface area contributed by atoms with Gasteiger partial charge in [0.15, 0.2) is 5.96 Å². The van der Waals surface area contributed by atoms with E-state index >= 15 is 0 Å². The van der Waals surface area contributed by atoms with Gasteiger partial charge in [-0.05, 0) is 6.07 Å². The molecule has 1 amide bonds. The summed E-state index contributed by atoms with van der Waals surface area (Å²) in [4.78, 5) is 15.9. The van der Waals surface area contributed by atoms with Crippen molar-refractivity contribution in [3.8, 4) is 5.75 Å². The van der Waals surface area contributed by atoms with E-state index in [0.29, 0.717) is 12.6 Å². The fourth-order valence-corrected chi connectivity index (χ4v) is 2.18. The number of carbonyl (C=O) groups excluding carboxylic acids is 1. The van der Waals surface area contributed by atoms with Gasteiger partial charge in [0.2, 0.25) is 5.91 Å². The van der Waals surface area contributed by atoms with E-state index < -0.39 is 0 Å². The molecular formula is C14H20N4O2. The summed E-state index contributed by atoms with van der Waals surface area (Å²) in [5.74, 6) is 1.37. The van der Waals surface area contributed by atoms with E-state index in [1.54, 1.807) is 14.1 Å². The molecular weight excluding hydrogens is 256 g/mol. The van der Waals surface area contributed by atoms with Gasteiger partial charge in [0.05, 0.1) is 19.2 Å². The number of fused-ring (bicyclic) bond motifs is 1. The molecule has 3 N–H and O–H groups in total. The average molecular weight is 276 g/mol. The molecule has 1 heterocycles. The van der Waals surface area contributed by atoms with Gasteiger partial charge in [0.1, 0.15) is 5.75 Å². The highest BCUT2D eigenvalue weighted by atomic mass is 16.5. The number of nitrogens with one attached hydrogen (secondary N) is 3. The lowest BCUT2D eigenvalue weighted by Crippen LogP contribution is -2.43. The van der Waals surface area contributed by atoms with E-state index in [9.17, 15) is 4.79 Å². The van der Waals surface area contributed by atoms with Crippen LogP contribution < -0.4 is 20.7 Å². The summed E-state index contributed by atoms with van der Waals surface area (Å²) in [6.07, 6.45) is 0.781.